The lowest BCUT2D eigenvalue weighted by Gasteiger charge is -2.37. The Kier molecular flexibility index (Phi) is 3.15. The largest absolute Gasteiger partial charge is 0.506 e. The first-order chi connectivity index (χ1) is 9.06. The number of nitrogens with two attached hydrogens (primary N) is 1. The Bertz CT molecular complexity index is 506. The molecule has 2 saturated heterocycles. The molecule has 0 aliphatic carbocycles. The predicted molar refractivity (Wildman–Crippen MR) is 73.3 cm³/mol. The number of carbonyl (C=O) groups excluding carboxylic acids is 1. The molecule has 5 heteroatoms. The number of phenolic OH excluding ortho intramolecular Hbond substituents is 1. The standard InChI is InChI=1S/C14H17ClN2O2/c15-12-5-8(1-4-13(12)18)14(19)17-10-2-3-11(17)7-9(16)6-10/h1,4-5,9-11,18H,2-3,6-7,16H2. The first kappa shape index (κ1) is 12.8. The lowest BCUT2D eigenvalue weighted by atomic mass is 9.97. The molecule has 2 unspecified atom stereocenters. The number of nitrogens with zero attached hydrogens (tertiary/aromatic N) is 1. The Morgan fingerprint density at radius 2 is 1.95 bits per heavy atom. The highest BCUT2D eigenvalue weighted by Gasteiger charge is 2.42. The van der Waals surface area contributed by atoms with E-state index in [1.54, 1.807) is 6.07 Å². The molecule has 3 N–H and O–H groups in total. The summed E-state index contributed by atoms with van der Waals surface area (Å²) in [6.07, 6.45) is 3.84. The molecular weight excluding hydrogens is 264 g/mol. The Morgan fingerprint density at radius 3 is 2.53 bits per heavy atom. The number of hydrogen-bond acceptors (Lipinski definition) is 3. The number of amides is 1. The molecule has 2 heterocycles. The Balaban J connectivity index is 1.86. The van der Waals surface area contributed by atoms with Crippen molar-refractivity contribution in [3.63, 3.8) is 0 Å². The maximum Gasteiger partial charge on any atom is 0.254 e. The van der Waals surface area contributed by atoms with Gasteiger partial charge in [-0.15, -0.1) is 0 Å². The lowest BCUT2D eigenvalue weighted by Crippen LogP contribution is -2.50. The van der Waals surface area contributed by atoms with Gasteiger partial charge in [0.15, 0.2) is 0 Å². The third-order valence-electron chi connectivity index (χ3n) is 4.20. The van der Waals surface area contributed by atoms with E-state index >= 15 is 0 Å². The maximum absolute atomic E-state index is 12.6. The lowest BCUT2D eigenvalue weighted by molar-refractivity contribution is 0.0575. The molecule has 0 saturated carbocycles. The van der Waals surface area contributed by atoms with Gasteiger partial charge in [0.05, 0.1) is 5.02 Å². The van der Waals surface area contributed by atoms with Gasteiger partial charge in [0.25, 0.3) is 5.91 Å². The van der Waals surface area contributed by atoms with Crippen molar-refractivity contribution >= 4 is 17.5 Å². The van der Waals surface area contributed by atoms with Crippen LogP contribution in [0.15, 0.2) is 18.2 Å². The Morgan fingerprint density at radius 1 is 1.32 bits per heavy atom. The molecule has 2 atom stereocenters. The molecule has 1 aromatic carbocycles. The molecule has 0 radical (unpaired) electrons. The van der Waals surface area contributed by atoms with Crippen molar-refractivity contribution in [3.05, 3.63) is 28.8 Å². The van der Waals surface area contributed by atoms with Gasteiger partial charge in [-0.3, -0.25) is 4.79 Å². The minimum Gasteiger partial charge on any atom is -0.506 e. The zero-order valence-electron chi connectivity index (χ0n) is 10.6. The first-order valence-corrected chi connectivity index (χ1v) is 7.01. The topological polar surface area (TPSA) is 66.6 Å². The molecule has 19 heavy (non-hydrogen) atoms. The van der Waals surface area contributed by atoms with Gasteiger partial charge >= 0.3 is 0 Å². The second kappa shape index (κ2) is 4.69. The Labute approximate surface area is 117 Å². The van der Waals surface area contributed by atoms with E-state index in [-0.39, 0.29) is 34.8 Å². The quantitative estimate of drug-likeness (QED) is 0.828. The Hall–Kier alpha value is -1.26. The highest BCUT2D eigenvalue weighted by atomic mass is 35.5. The van der Waals surface area contributed by atoms with Gasteiger partial charge in [-0.2, -0.15) is 0 Å². The fourth-order valence-corrected chi connectivity index (χ4v) is 3.52. The van der Waals surface area contributed by atoms with Crippen LogP contribution in [0.5, 0.6) is 5.75 Å². The molecule has 0 aromatic heterocycles. The fourth-order valence-electron chi connectivity index (χ4n) is 3.34. The number of aromatic hydroxyl groups is 1. The molecule has 2 aliphatic rings. The number of fused-ring (bicyclic) bond motifs is 2. The molecule has 1 amide bonds. The van der Waals surface area contributed by atoms with E-state index in [2.05, 4.69) is 0 Å². The molecule has 2 bridgehead atoms. The number of halogens is 1. The van der Waals surface area contributed by atoms with Crippen molar-refractivity contribution < 1.29 is 9.90 Å². The summed E-state index contributed by atoms with van der Waals surface area (Å²) in [5.41, 5.74) is 6.55. The highest BCUT2D eigenvalue weighted by molar-refractivity contribution is 6.32. The van der Waals surface area contributed by atoms with E-state index in [4.69, 9.17) is 17.3 Å². The van der Waals surface area contributed by atoms with Crippen LogP contribution in [-0.2, 0) is 0 Å². The minimum atomic E-state index is 0.00120. The minimum absolute atomic E-state index is 0.00120. The molecule has 2 fully saturated rings. The van der Waals surface area contributed by atoms with E-state index in [1.165, 1.54) is 12.1 Å². The van der Waals surface area contributed by atoms with Gasteiger partial charge in [0.2, 0.25) is 0 Å². The highest BCUT2D eigenvalue weighted by Crippen LogP contribution is 2.36. The van der Waals surface area contributed by atoms with Crippen LogP contribution in [0.25, 0.3) is 0 Å². The number of carbonyl (C=O) groups is 1. The normalized spacial score (nSPS) is 29.6. The summed E-state index contributed by atoms with van der Waals surface area (Å²) < 4.78 is 0. The van der Waals surface area contributed by atoms with Crippen molar-refractivity contribution in [3.8, 4) is 5.75 Å². The van der Waals surface area contributed by atoms with Gasteiger partial charge in [0.1, 0.15) is 5.75 Å². The van der Waals surface area contributed by atoms with Crippen molar-refractivity contribution in [2.24, 2.45) is 5.73 Å². The molecule has 102 valence electrons. The van der Waals surface area contributed by atoms with E-state index < -0.39 is 0 Å². The van der Waals surface area contributed by atoms with E-state index in [9.17, 15) is 9.90 Å². The van der Waals surface area contributed by atoms with E-state index in [1.807, 2.05) is 4.90 Å². The van der Waals surface area contributed by atoms with Gasteiger partial charge < -0.3 is 15.7 Å². The average molecular weight is 281 g/mol. The van der Waals surface area contributed by atoms with Crippen LogP contribution in [-0.4, -0.2) is 34.0 Å². The monoisotopic (exact) mass is 280 g/mol. The van der Waals surface area contributed by atoms with Crippen molar-refractivity contribution in [2.45, 2.75) is 43.8 Å². The van der Waals surface area contributed by atoms with Gasteiger partial charge in [-0.05, 0) is 43.9 Å². The van der Waals surface area contributed by atoms with E-state index in [0.717, 1.165) is 25.7 Å². The van der Waals surface area contributed by atoms with Crippen LogP contribution in [0.3, 0.4) is 0 Å². The summed E-state index contributed by atoms with van der Waals surface area (Å²) in [6.45, 7) is 0. The summed E-state index contributed by atoms with van der Waals surface area (Å²) in [5.74, 6) is 0.00292. The fraction of sp³-hybridized carbons (Fsp3) is 0.500. The van der Waals surface area contributed by atoms with Gasteiger partial charge in [0, 0.05) is 23.7 Å². The van der Waals surface area contributed by atoms with Crippen LogP contribution >= 0.6 is 11.6 Å². The van der Waals surface area contributed by atoms with Gasteiger partial charge in [-0.25, -0.2) is 0 Å². The number of benzene rings is 1. The SMILES string of the molecule is NC1CC2CCC(C1)N2C(=O)c1ccc(O)c(Cl)c1. The van der Waals surface area contributed by atoms with Crippen LogP contribution in [0, 0.1) is 0 Å². The molecule has 2 aliphatic heterocycles. The van der Waals surface area contributed by atoms with Crippen molar-refractivity contribution in [1.82, 2.24) is 4.90 Å². The van der Waals surface area contributed by atoms with Crippen LogP contribution in [0.1, 0.15) is 36.0 Å². The average Bonchev–Trinajstić information content (AvgIpc) is 2.64. The first-order valence-electron chi connectivity index (χ1n) is 6.63. The summed E-state index contributed by atoms with van der Waals surface area (Å²) in [6, 6.07) is 5.35. The molecule has 0 spiro atoms. The number of piperidine rings is 1. The third-order valence-corrected chi connectivity index (χ3v) is 4.50. The summed E-state index contributed by atoms with van der Waals surface area (Å²) >= 11 is 5.87. The van der Waals surface area contributed by atoms with Crippen molar-refractivity contribution in [1.29, 1.82) is 0 Å². The molecular formula is C14H17ClN2O2. The summed E-state index contributed by atoms with van der Waals surface area (Å²) in [4.78, 5) is 14.5. The van der Waals surface area contributed by atoms with Crippen molar-refractivity contribution in [2.75, 3.05) is 0 Å². The number of rotatable bonds is 1. The molecule has 3 rings (SSSR count). The summed E-state index contributed by atoms with van der Waals surface area (Å²) in [7, 11) is 0. The number of phenols is 1. The second-order valence-electron chi connectivity index (χ2n) is 5.50. The third kappa shape index (κ3) is 2.19. The van der Waals surface area contributed by atoms with Gasteiger partial charge in [-0.1, -0.05) is 11.6 Å². The summed E-state index contributed by atoms with van der Waals surface area (Å²) in [5, 5.41) is 9.63. The molecule has 1 aromatic rings. The zero-order chi connectivity index (χ0) is 13.6. The number of hydrogen-bond donors (Lipinski definition) is 2. The van der Waals surface area contributed by atoms with Crippen LogP contribution < -0.4 is 5.73 Å². The maximum atomic E-state index is 12.6. The second-order valence-corrected chi connectivity index (χ2v) is 5.90. The molecule has 4 nitrogen and oxygen atoms in total. The van der Waals surface area contributed by atoms with Crippen LogP contribution in [0.2, 0.25) is 5.02 Å². The van der Waals surface area contributed by atoms with E-state index in [0.29, 0.717) is 5.56 Å². The predicted octanol–water partition coefficient (Wildman–Crippen LogP) is 2.14. The smallest absolute Gasteiger partial charge is 0.254 e. The van der Waals surface area contributed by atoms with Crippen LogP contribution in [0.4, 0.5) is 0 Å². The zero-order valence-corrected chi connectivity index (χ0v) is 11.3.